The van der Waals surface area contributed by atoms with Crippen LogP contribution in [0.5, 0.6) is 0 Å². The molecule has 0 saturated carbocycles. The van der Waals surface area contributed by atoms with E-state index in [1.165, 1.54) is 47.4 Å². The van der Waals surface area contributed by atoms with Gasteiger partial charge in [0.2, 0.25) is 0 Å². The van der Waals surface area contributed by atoms with Crippen molar-refractivity contribution in [2.45, 2.75) is 4.90 Å². The molecule has 25 heavy (non-hydrogen) atoms. The average Bonchev–Trinajstić information content (AvgIpc) is 2.56. The second-order valence-corrected chi connectivity index (χ2v) is 7.51. The van der Waals surface area contributed by atoms with E-state index in [-0.39, 0.29) is 22.1 Å². The molecule has 2 aromatic carbocycles. The average molecular weight is 366 g/mol. The fourth-order valence-corrected chi connectivity index (χ4v) is 3.19. The van der Waals surface area contributed by atoms with Gasteiger partial charge in [0.25, 0.3) is 15.9 Å². The van der Waals surface area contributed by atoms with Gasteiger partial charge in [-0.25, -0.2) is 12.8 Å². The summed E-state index contributed by atoms with van der Waals surface area (Å²) in [5.74, 6) is -1.03. The van der Waals surface area contributed by atoms with Gasteiger partial charge < -0.3 is 10.2 Å². The maximum Gasteiger partial charge on any atom is 0.262 e. The van der Waals surface area contributed by atoms with Gasteiger partial charge in [-0.05, 0) is 30.3 Å². The zero-order valence-electron chi connectivity index (χ0n) is 14.0. The predicted octanol–water partition coefficient (Wildman–Crippen LogP) is 0.501. The number of amides is 1. The number of carbonyl (C=O) groups excluding carboxylic acids is 1. The van der Waals surface area contributed by atoms with Crippen LogP contribution in [-0.4, -0.2) is 41.5 Å². The van der Waals surface area contributed by atoms with Crippen molar-refractivity contribution in [3.8, 4) is 0 Å². The number of rotatable bonds is 7. The van der Waals surface area contributed by atoms with Crippen molar-refractivity contribution >= 4 is 21.6 Å². The Balaban J connectivity index is 2.17. The molecule has 0 aliphatic rings. The van der Waals surface area contributed by atoms with Crippen LogP contribution in [0.1, 0.15) is 10.4 Å². The Hall–Kier alpha value is -2.45. The summed E-state index contributed by atoms with van der Waals surface area (Å²) >= 11 is 0. The summed E-state index contributed by atoms with van der Waals surface area (Å²) in [7, 11) is -0.0679. The summed E-state index contributed by atoms with van der Waals surface area (Å²) in [5, 5.41) is 2.73. The quantitative estimate of drug-likeness (QED) is 0.668. The SMILES string of the molecule is C[NH+](C)CCNC(=O)c1cccc(S(=O)(=O)Nc2ccccc2F)c1. The number of nitrogens with one attached hydrogen (secondary N) is 3. The topological polar surface area (TPSA) is 79.7 Å². The molecule has 0 spiro atoms. The van der Waals surface area contributed by atoms with Crippen LogP contribution in [0, 0.1) is 5.82 Å². The van der Waals surface area contributed by atoms with E-state index < -0.39 is 15.8 Å². The summed E-state index contributed by atoms with van der Waals surface area (Å²) in [6.45, 7) is 1.23. The van der Waals surface area contributed by atoms with Gasteiger partial charge in [-0.15, -0.1) is 0 Å². The zero-order valence-corrected chi connectivity index (χ0v) is 14.9. The lowest BCUT2D eigenvalue weighted by atomic mass is 10.2. The molecule has 6 nitrogen and oxygen atoms in total. The second kappa shape index (κ2) is 8.09. The normalized spacial score (nSPS) is 11.4. The summed E-state index contributed by atoms with van der Waals surface area (Å²) in [6, 6.07) is 11.1. The van der Waals surface area contributed by atoms with Gasteiger partial charge in [-0.3, -0.25) is 9.52 Å². The number of sulfonamides is 1. The summed E-state index contributed by atoms with van der Waals surface area (Å²) < 4.78 is 40.7. The Bertz CT molecular complexity index is 854. The van der Waals surface area contributed by atoms with Crippen LogP contribution in [0.2, 0.25) is 0 Å². The van der Waals surface area contributed by atoms with E-state index in [0.29, 0.717) is 6.54 Å². The highest BCUT2D eigenvalue weighted by atomic mass is 32.2. The Morgan fingerprint density at radius 1 is 1.12 bits per heavy atom. The van der Waals surface area contributed by atoms with E-state index in [2.05, 4.69) is 10.0 Å². The first-order valence-electron chi connectivity index (χ1n) is 7.74. The Kier molecular flexibility index (Phi) is 6.11. The molecule has 0 fully saturated rings. The van der Waals surface area contributed by atoms with E-state index in [4.69, 9.17) is 0 Å². The van der Waals surface area contributed by atoms with Gasteiger partial charge in [-0.1, -0.05) is 18.2 Å². The molecule has 2 rings (SSSR count). The fourth-order valence-electron chi connectivity index (χ4n) is 2.08. The maximum absolute atomic E-state index is 13.7. The number of benzene rings is 2. The highest BCUT2D eigenvalue weighted by Gasteiger charge is 2.18. The highest BCUT2D eigenvalue weighted by Crippen LogP contribution is 2.19. The Morgan fingerprint density at radius 2 is 1.84 bits per heavy atom. The molecule has 134 valence electrons. The smallest absolute Gasteiger partial charge is 0.262 e. The molecule has 8 heteroatoms. The Labute approximate surface area is 146 Å². The third-order valence-corrected chi connectivity index (χ3v) is 4.80. The van der Waals surface area contributed by atoms with Gasteiger partial charge in [-0.2, -0.15) is 0 Å². The minimum absolute atomic E-state index is 0.110. The number of carbonyl (C=O) groups is 1. The second-order valence-electron chi connectivity index (χ2n) is 5.83. The highest BCUT2D eigenvalue weighted by molar-refractivity contribution is 7.92. The monoisotopic (exact) mass is 366 g/mol. The largest absolute Gasteiger partial charge is 0.346 e. The number of para-hydroxylation sites is 1. The summed E-state index contributed by atoms with van der Waals surface area (Å²) in [5.41, 5.74) is 0.0801. The molecule has 0 heterocycles. The number of hydrogen-bond acceptors (Lipinski definition) is 3. The molecular formula is C17H21FN3O3S+. The number of halogens is 1. The maximum atomic E-state index is 13.7. The van der Waals surface area contributed by atoms with Crippen molar-refractivity contribution in [3.05, 3.63) is 59.9 Å². The van der Waals surface area contributed by atoms with Crippen LogP contribution in [0.25, 0.3) is 0 Å². The number of hydrogen-bond donors (Lipinski definition) is 3. The lowest BCUT2D eigenvalue weighted by Crippen LogP contribution is -3.06. The molecular weight excluding hydrogens is 345 g/mol. The van der Waals surface area contributed by atoms with Crippen LogP contribution in [-0.2, 0) is 10.0 Å². The predicted molar refractivity (Wildman–Crippen MR) is 93.7 cm³/mol. The standard InChI is InChI=1S/C17H20FN3O3S/c1-21(2)11-10-19-17(22)13-6-5-7-14(12-13)25(23,24)20-16-9-4-3-8-15(16)18/h3-9,12,20H,10-11H2,1-2H3,(H,19,22)/p+1. The van der Waals surface area contributed by atoms with Gasteiger partial charge in [0.15, 0.2) is 0 Å². The van der Waals surface area contributed by atoms with Crippen molar-refractivity contribution in [2.24, 2.45) is 0 Å². The minimum Gasteiger partial charge on any atom is -0.346 e. The van der Waals surface area contributed by atoms with Crippen LogP contribution >= 0.6 is 0 Å². The molecule has 0 unspecified atom stereocenters. The molecule has 0 saturated heterocycles. The molecule has 1 amide bonds. The number of quaternary nitrogens is 1. The molecule has 0 radical (unpaired) electrons. The molecule has 0 atom stereocenters. The lowest BCUT2D eigenvalue weighted by molar-refractivity contribution is -0.856. The lowest BCUT2D eigenvalue weighted by Gasteiger charge is -2.11. The van der Waals surface area contributed by atoms with E-state index in [0.717, 1.165) is 12.6 Å². The summed E-state index contributed by atoms with van der Waals surface area (Å²) in [6.07, 6.45) is 0. The zero-order chi connectivity index (χ0) is 18.4. The summed E-state index contributed by atoms with van der Waals surface area (Å²) in [4.78, 5) is 13.2. The van der Waals surface area contributed by atoms with Crippen LogP contribution < -0.4 is 14.9 Å². The Morgan fingerprint density at radius 3 is 2.52 bits per heavy atom. The van der Waals surface area contributed by atoms with Crippen molar-refractivity contribution in [3.63, 3.8) is 0 Å². The van der Waals surface area contributed by atoms with Crippen molar-refractivity contribution in [2.75, 3.05) is 31.9 Å². The van der Waals surface area contributed by atoms with E-state index >= 15 is 0 Å². The van der Waals surface area contributed by atoms with Gasteiger partial charge in [0.1, 0.15) is 5.82 Å². The van der Waals surface area contributed by atoms with Gasteiger partial charge >= 0.3 is 0 Å². The third kappa shape index (κ3) is 5.27. The molecule has 0 aromatic heterocycles. The first-order chi connectivity index (χ1) is 11.8. The first kappa shape index (κ1) is 18.9. The van der Waals surface area contributed by atoms with Gasteiger partial charge in [0.05, 0.1) is 37.8 Å². The molecule has 0 bridgehead atoms. The number of anilines is 1. The van der Waals surface area contributed by atoms with Gasteiger partial charge in [0, 0.05) is 5.56 Å². The molecule has 0 aliphatic heterocycles. The van der Waals surface area contributed by atoms with Crippen LogP contribution in [0.4, 0.5) is 10.1 Å². The fraction of sp³-hybridized carbons (Fsp3) is 0.235. The minimum atomic E-state index is -4.00. The molecule has 0 aliphatic carbocycles. The van der Waals surface area contributed by atoms with E-state index in [1.807, 2.05) is 14.1 Å². The van der Waals surface area contributed by atoms with Crippen molar-refractivity contribution in [1.82, 2.24) is 5.32 Å². The first-order valence-corrected chi connectivity index (χ1v) is 9.22. The van der Waals surface area contributed by atoms with Crippen LogP contribution in [0.15, 0.2) is 53.4 Å². The molecule has 3 N–H and O–H groups in total. The number of likely N-dealkylation sites (N-methyl/N-ethyl adjacent to an activating group) is 1. The van der Waals surface area contributed by atoms with E-state index in [9.17, 15) is 17.6 Å². The van der Waals surface area contributed by atoms with Crippen molar-refractivity contribution in [1.29, 1.82) is 0 Å². The third-order valence-electron chi connectivity index (χ3n) is 3.44. The van der Waals surface area contributed by atoms with Crippen molar-refractivity contribution < 1.29 is 22.5 Å². The van der Waals surface area contributed by atoms with Crippen LogP contribution in [0.3, 0.4) is 0 Å². The van der Waals surface area contributed by atoms with E-state index in [1.54, 1.807) is 0 Å². The molecule has 2 aromatic rings.